The van der Waals surface area contributed by atoms with Gasteiger partial charge in [-0.3, -0.25) is 14.2 Å². The number of aromatic nitrogens is 4. The lowest BCUT2D eigenvalue weighted by Gasteiger charge is -2.35. The third-order valence-corrected chi connectivity index (χ3v) is 6.18. The smallest absolute Gasteiger partial charge is 0.276 e. The summed E-state index contributed by atoms with van der Waals surface area (Å²) in [5.74, 6) is 0.329. The lowest BCUT2D eigenvalue weighted by Crippen LogP contribution is -2.48. The number of thiazole rings is 1. The normalized spacial score (nSPS) is 17.9. The van der Waals surface area contributed by atoms with Gasteiger partial charge in [0.05, 0.1) is 5.51 Å². The number of hydrogen-bond acceptors (Lipinski definition) is 7. The van der Waals surface area contributed by atoms with Crippen LogP contribution in [-0.4, -0.2) is 25.4 Å². The van der Waals surface area contributed by atoms with Crippen molar-refractivity contribution in [1.82, 2.24) is 24.8 Å². The van der Waals surface area contributed by atoms with Gasteiger partial charge in [-0.1, -0.05) is 6.42 Å². The van der Waals surface area contributed by atoms with E-state index in [1.807, 2.05) is 6.92 Å². The summed E-state index contributed by atoms with van der Waals surface area (Å²) in [5, 5.41) is 6.22. The van der Waals surface area contributed by atoms with Gasteiger partial charge in [0, 0.05) is 0 Å². The van der Waals surface area contributed by atoms with E-state index < -0.39 is 5.66 Å². The molecule has 8 nitrogen and oxygen atoms in total. The van der Waals surface area contributed by atoms with Crippen molar-refractivity contribution in [2.75, 3.05) is 5.32 Å². The van der Waals surface area contributed by atoms with Crippen LogP contribution in [-0.2, 0) is 5.66 Å². The van der Waals surface area contributed by atoms with Gasteiger partial charge in [-0.05, 0) is 44.2 Å². The highest BCUT2D eigenvalue weighted by Gasteiger charge is 2.45. The summed E-state index contributed by atoms with van der Waals surface area (Å²) in [6.07, 6.45) is 6.12. The van der Waals surface area contributed by atoms with Gasteiger partial charge in [0.1, 0.15) is 33.7 Å². The van der Waals surface area contributed by atoms with E-state index in [9.17, 15) is 9.59 Å². The molecule has 1 amide bonds. The van der Waals surface area contributed by atoms with Gasteiger partial charge in [0.15, 0.2) is 5.82 Å². The van der Waals surface area contributed by atoms with E-state index in [1.165, 1.54) is 17.7 Å². The Balaban J connectivity index is 1.67. The fraction of sp³-hybridized carbons (Fsp3) is 0.389. The van der Waals surface area contributed by atoms with E-state index in [-0.39, 0.29) is 11.5 Å². The lowest BCUT2D eigenvalue weighted by atomic mass is 9.89. The molecular weight excluding hydrogens is 364 g/mol. The number of fused-ring (bicyclic) bond motifs is 3. The number of pyridine rings is 1. The fourth-order valence-corrected chi connectivity index (χ4v) is 4.88. The minimum absolute atomic E-state index is 0.165. The van der Waals surface area contributed by atoms with E-state index in [0.29, 0.717) is 22.7 Å². The molecule has 2 N–H and O–H groups in total. The number of hydrogen-bond donors (Lipinski definition) is 2. The topological polar surface area (TPSA) is 102 Å². The molecule has 1 spiro atoms. The third kappa shape index (κ3) is 2.38. The first kappa shape index (κ1) is 16.4. The summed E-state index contributed by atoms with van der Waals surface area (Å²) in [5.41, 5.74) is 3.14. The number of rotatable bonds is 2. The molecule has 2 aliphatic rings. The van der Waals surface area contributed by atoms with Crippen LogP contribution in [0.15, 0.2) is 22.7 Å². The zero-order valence-corrected chi connectivity index (χ0v) is 15.6. The Labute approximate surface area is 158 Å². The van der Waals surface area contributed by atoms with Crippen LogP contribution in [0, 0.1) is 6.92 Å². The van der Waals surface area contributed by atoms with Crippen molar-refractivity contribution in [3.8, 4) is 0 Å². The Hall–Kier alpha value is -2.81. The molecular formula is C18H18N6O2S. The molecule has 0 radical (unpaired) electrons. The van der Waals surface area contributed by atoms with Crippen molar-refractivity contribution in [3.05, 3.63) is 39.5 Å². The molecule has 27 heavy (non-hydrogen) atoms. The third-order valence-electron chi connectivity index (χ3n) is 5.45. The number of amides is 1. The molecule has 1 fully saturated rings. The van der Waals surface area contributed by atoms with Gasteiger partial charge < -0.3 is 10.6 Å². The zero-order valence-electron chi connectivity index (χ0n) is 14.8. The first-order chi connectivity index (χ1) is 13.1. The van der Waals surface area contributed by atoms with Crippen LogP contribution in [0.5, 0.6) is 0 Å². The molecule has 138 valence electrons. The summed E-state index contributed by atoms with van der Waals surface area (Å²) in [7, 11) is 0. The standard InChI is InChI=1S/C18H18N6O2S/c1-10-7-11(22-14-12-16(20-8-19-14)27-9-21-12)17(26)24-13(10)15(25)23-18(24)5-3-2-4-6-18/h7-9H,2-6H2,1H3,(H,23,25)(H,19,20,22). The average Bonchev–Trinajstić information content (AvgIpc) is 3.24. The highest BCUT2D eigenvalue weighted by atomic mass is 32.1. The summed E-state index contributed by atoms with van der Waals surface area (Å²) in [6.45, 7) is 1.86. The summed E-state index contributed by atoms with van der Waals surface area (Å²) < 4.78 is 1.67. The number of anilines is 2. The first-order valence-corrected chi connectivity index (χ1v) is 9.88. The Bertz CT molecular complexity index is 1130. The molecule has 9 heteroatoms. The molecule has 0 aromatic carbocycles. The largest absolute Gasteiger partial charge is 0.334 e. The molecule has 1 aliphatic heterocycles. The summed E-state index contributed by atoms with van der Waals surface area (Å²) >= 11 is 1.42. The van der Waals surface area contributed by atoms with Crippen LogP contribution in [0.3, 0.4) is 0 Å². The molecule has 4 heterocycles. The van der Waals surface area contributed by atoms with Crippen molar-refractivity contribution >= 4 is 39.1 Å². The highest BCUT2D eigenvalue weighted by molar-refractivity contribution is 7.16. The van der Waals surface area contributed by atoms with Crippen LogP contribution in [0.1, 0.15) is 48.2 Å². The minimum Gasteiger partial charge on any atom is -0.334 e. The van der Waals surface area contributed by atoms with Gasteiger partial charge >= 0.3 is 0 Å². The number of nitrogens with zero attached hydrogens (tertiary/aromatic N) is 4. The summed E-state index contributed by atoms with van der Waals surface area (Å²) in [6, 6.07) is 1.72. The molecule has 0 unspecified atom stereocenters. The van der Waals surface area contributed by atoms with Crippen molar-refractivity contribution in [2.45, 2.75) is 44.7 Å². The minimum atomic E-state index is -0.605. The van der Waals surface area contributed by atoms with Gasteiger partial charge in [0.25, 0.3) is 11.5 Å². The summed E-state index contributed by atoms with van der Waals surface area (Å²) in [4.78, 5) is 39.4. The van der Waals surface area contributed by atoms with Crippen molar-refractivity contribution < 1.29 is 4.79 Å². The number of carbonyl (C=O) groups excluding carboxylic acids is 1. The quantitative estimate of drug-likeness (QED) is 0.706. The molecule has 1 saturated carbocycles. The van der Waals surface area contributed by atoms with Crippen LogP contribution in [0.25, 0.3) is 10.3 Å². The van der Waals surface area contributed by atoms with Gasteiger partial charge in [-0.25, -0.2) is 15.0 Å². The fourth-order valence-electron chi connectivity index (χ4n) is 4.25. The second kappa shape index (κ2) is 5.85. The van der Waals surface area contributed by atoms with Crippen LogP contribution in [0.4, 0.5) is 11.5 Å². The molecule has 0 atom stereocenters. The van der Waals surface area contributed by atoms with Crippen molar-refractivity contribution in [1.29, 1.82) is 0 Å². The first-order valence-electron chi connectivity index (χ1n) is 9.00. The maximum atomic E-state index is 13.4. The monoisotopic (exact) mass is 382 g/mol. The Morgan fingerprint density at radius 3 is 2.81 bits per heavy atom. The van der Waals surface area contributed by atoms with Crippen molar-refractivity contribution in [3.63, 3.8) is 0 Å². The molecule has 3 aromatic rings. The second-order valence-corrected chi connectivity index (χ2v) is 7.96. The predicted molar refractivity (Wildman–Crippen MR) is 102 cm³/mol. The maximum absolute atomic E-state index is 13.4. The lowest BCUT2D eigenvalue weighted by molar-refractivity contribution is 0.0876. The molecule has 0 bridgehead atoms. The Morgan fingerprint density at radius 2 is 2.00 bits per heavy atom. The maximum Gasteiger partial charge on any atom is 0.276 e. The SMILES string of the molecule is Cc1cc(Nc2ncnc3scnc23)c(=O)n2c1C(=O)NC21CCCCC1. The Morgan fingerprint density at radius 1 is 1.19 bits per heavy atom. The van der Waals surface area contributed by atoms with Crippen molar-refractivity contribution in [2.24, 2.45) is 0 Å². The van der Waals surface area contributed by atoms with E-state index in [2.05, 4.69) is 25.6 Å². The number of aryl methyl sites for hydroxylation is 1. The van der Waals surface area contributed by atoms with Crippen LogP contribution >= 0.6 is 11.3 Å². The molecule has 1 aliphatic carbocycles. The second-order valence-electron chi connectivity index (χ2n) is 7.13. The molecule has 3 aromatic heterocycles. The van der Waals surface area contributed by atoms with E-state index in [4.69, 9.17) is 0 Å². The molecule has 0 saturated heterocycles. The van der Waals surface area contributed by atoms with E-state index >= 15 is 0 Å². The average molecular weight is 382 g/mol. The highest BCUT2D eigenvalue weighted by Crippen LogP contribution is 2.37. The molecule has 5 rings (SSSR count). The predicted octanol–water partition coefficient (Wildman–Crippen LogP) is 2.66. The van der Waals surface area contributed by atoms with Crippen LogP contribution in [0.2, 0.25) is 0 Å². The van der Waals surface area contributed by atoms with E-state index in [0.717, 1.165) is 42.5 Å². The van der Waals surface area contributed by atoms with E-state index in [1.54, 1.807) is 16.1 Å². The van der Waals surface area contributed by atoms with Gasteiger partial charge in [-0.15, -0.1) is 11.3 Å². The number of carbonyl (C=O) groups is 1. The van der Waals surface area contributed by atoms with Gasteiger partial charge in [-0.2, -0.15) is 0 Å². The Kier molecular flexibility index (Phi) is 3.55. The van der Waals surface area contributed by atoms with Crippen LogP contribution < -0.4 is 16.2 Å². The zero-order chi connectivity index (χ0) is 18.6. The van der Waals surface area contributed by atoms with Gasteiger partial charge in [0.2, 0.25) is 0 Å². The number of nitrogens with one attached hydrogen (secondary N) is 2.